The van der Waals surface area contributed by atoms with Crippen LogP contribution in [0.15, 0.2) is 33.5 Å². The van der Waals surface area contributed by atoms with Gasteiger partial charge in [-0.3, -0.25) is 4.79 Å². The first-order valence-corrected chi connectivity index (χ1v) is 8.00. The fraction of sp³-hybridized carbons (Fsp3) is 0.444. The predicted molar refractivity (Wildman–Crippen MR) is 89.3 cm³/mol. The number of nitrogens with zero attached hydrogens (tertiary/aromatic N) is 1. The monoisotopic (exact) mass is 331 g/mol. The molecule has 1 aromatic carbocycles. The average Bonchev–Trinajstić information content (AvgIpc) is 2.53. The highest BCUT2D eigenvalue weighted by molar-refractivity contribution is 5.87. The Bertz CT molecular complexity index is 803. The zero-order valence-electron chi connectivity index (χ0n) is 14.1. The first kappa shape index (κ1) is 16.5. The van der Waals surface area contributed by atoms with Crippen molar-refractivity contribution < 1.29 is 18.7 Å². The van der Waals surface area contributed by atoms with Gasteiger partial charge in [-0.1, -0.05) is 0 Å². The topological polar surface area (TPSA) is 69.0 Å². The second-order valence-corrected chi connectivity index (χ2v) is 6.19. The lowest BCUT2D eigenvalue weighted by molar-refractivity contribution is -0.142. The summed E-state index contributed by atoms with van der Waals surface area (Å²) < 4.78 is 16.0. The van der Waals surface area contributed by atoms with E-state index in [1.54, 1.807) is 24.1 Å². The standard InChI is InChI=1S/C18H21NO5/c1-11-9-19(10-12(2)23-11)17(20)6-13-7-18(21)24-16-8-14(22-3)4-5-15(13)16/h4-5,7-8,11-12H,6,9-10H2,1-3H3/t11-,12-/m1/s1. The third kappa shape index (κ3) is 3.43. The molecule has 1 fully saturated rings. The van der Waals surface area contributed by atoms with Crippen LogP contribution in [0.25, 0.3) is 11.0 Å². The summed E-state index contributed by atoms with van der Waals surface area (Å²) in [5.41, 5.74) is 0.622. The fourth-order valence-corrected chi connectivity index (χ4v) is 3.14. The molecule has 0 bridgehead atoms. The van der Waals surface area contributed by atoms with E-state index >= 15 is 0 Å². The quantitative estimate of drug-likeness (QED) is 0.805. The highest BCUT2D eigenvalue weighted by atomic mass is 16.5. The van der Waals surface area contributed by atoms with E-state index in [0.717, 1.165) is 5.39 Å². The van der Waals surface area contributed by atoms with Crippen LogP contribution in [0.3, 0.4) is 0 Å². The molecule has 1 aliphatic rings. The van der Waals surface area contributed by atoms with E-state index in [1.807, 2.05) is 19.9 Å². The minimum atomic E-state index is -0.470. The van der Waals surface area contributed by atoms with Crippen LogP contribution in [0.1, 0.15) is 19.4 Å². The van der Waals surface area contributed by atoms with Crippen LogP contribution in [0.4, 0.5) is 0 Å². The van der Waals surface area contributed by atoms with Gasteiger partial charge in [0.1, 0.15) is 11.3 Å². The number of ether oxygens (including phenoxy) is 2. The van der Waals surface area contributed by atoms with E-state index in [9.17, 15) is 9.59 Å². The molecular formula is C18H21NO5. The number of carbonyl (C=O) groups excluding carboxylic acids is 1. The van der Waals surface area contributed by atoms with Crippen molar-refractivity contribution in [3.05, 3.63) is 40.2 Å². The molecule has 1 saturated heterocycles. The van der Waals surface area contributed by atoms with Crippen molar-refractivity contribution >= 4 is 16.9 Å². The summed E-state index contributed by atoms with van der Waals surface area (Å²) in [4.78, 5) is 26.3. The third-order valence-electron chi connectivity index (χ3n) is 4.15. The van der Waals surface area contributed by atoms with Crippen molar-refractivity contribution in [2.45, 2.75) is 32.5 Å². The lowest BCUT2D eigenvalue weighted by atomic mass is 10.1. The van der Waals surface area contributed by atoms with Gasteiger partial charge in [0.05, 0.1) is 25.7 Å². The van der Waals surface area contributed by atoms with Gasteiger partial charge >= 0.3 is 5.63 Å². The predicted octanol–water partition coefficient (Wildman–Crippen LogP) is 1.98. The van der Waals surface area contributed by atoms with Gasteiger partial charge in [0, 0.05) is 30.6 Å². The van der Waals surface area contributed by atoms with Crippen molar-refractivity contribution in [3.63, 3.8) is 0 Å². The highest BCUT2D eigenvalue weighted by Crippen LogP contribution is 2.23. The molecule has 0 spiro atoms. The molecule has 2 aromatic rings. The van der Waals surface area contributed by atoms with Gasteiger partial charge in [0.15, 0.2) is 0 Å². The van der Waals surface area contributed by atoms with Crippen LogP contribution in [0, 0.1) is 0 Å². The highest BCUT2D eigenvalue weighted by Gasteiger charge is 2.26. The van der Waals surface area contributed by atoms with E-state index in [2.05, 4.69) is 0 Å². The van der Waals surface area contributed by atoms with Gasteiger partial charge in [-0.15, -0.1) is 0 Å². The number of amides is 1. The summed E-state index contributed by atoms with van der Waals surface area (Å²) in [7, 11) is 1.55. The van der Waals surface area contributed by atoms with Crippen LogP contribution in [0.5, 0.6) is 5.75 Å². The maximum atomic E-state index is 12.6. The molecule has 0 aliphatic carbocycles. The SMILES string of the molecule is COc1ccc2c(CC(=O)N3C[C@@H](C)O[C@H](C)C3)cc(=O)oc2c1. The first-order chi connectivity index (χ1) is 11.5. The maximum Gasteiger partial charge on any atom is 0.336 e. The number of hydrogen-bond donors (Lipinski definition) is 0. The number of morpholine rings is 1. The number of hydrogen-bond acceptors (Lipinski definition) is 5. The summed E-state index contributed by atoms with van der Waals surface area (Å²) in [6, 6.07) is 6.64. The smallest absolute Gasteiger partial charge is 0.336 e. The number of benzene rings is 1. The van der Waals surface area contributed by atoms with Crippen LogP contribution < -0.4 is 10.4 Å². The first-order valence-electron chi connectivity index (χ1n) is 8.00. The Balaban J connectivity index is 1.89. The summed E-state index contributed by atoms with van der Waals surface area (Å²) in [6.45, 7) is 5.04. The number of rotatable bonds is 3. The normalized spacial score (nSPS) is 21.0. The number of fused-ring (bicyclic) bond motifs is 1. The van der Waals surface area contributed by atoms with Crippen LogP contribution in [-0.4, -0.2) is 43.2 Å². The largest absolute Gasteiger partial charge is 0.497 e. The van der Waals surface area contributed by atoms with Crippen molar-refractivity contribution in [2.75, 3.05) is 20.2 Å². The molecule has 6 heteroatoms. The zero-order chi connectivity index (χ0) is 17.3. The van der Waals surface area contributed by atoms with Crippen molar-refractivity contribution in [2.24, 2.45) is 0 Å². The summed E-state index contributed by atoms with van der Waals surface area (Å²) in [5, 5.41) is 0.748. The minimum absolute atomic E-state index is 0.0135. The summed E-state index contributed by atoms with van der Waals surface area (Å²) >= 11 is 0. The van der Waals surface area contributed by atoms with Crippen LogP contribution in [0.2, 0.25) is 0 Å². The Morgan fingerprint density at radius 3 is 2.62 bits per heavy atom. The van der Waals surface area contributed by atoms with E-state index in [4.69, 9.17) is 13.9 Å². The van der Waals surface area contributed by atoms with E-state index < -0.39 is 5.63 Å². The second-order valence-electron chi connectivity index (χ2n) is 6.19. The Morgan fingerprint density at radius 2 is 1.96 bits per heavy atom. The van der Waals surface area contributed by atoms with Crippen LogP contribution in [-0.2, 0) is 16.0 Å². The Labute approximate surface area is 140 Å². The molecule has 1 amide bonds. The van der Waals surface area contributed by atoms with Gasteiger partial charge in [-0.2, -0.15) is 0 Å². The van der Waals surface area contributed by atoms with Crippen molar-refractivity contribution in [1.29, 1.82) is 0 Å². The van der Waals surface area contributed by atoms with E-state index in [-0.39, 0.29) is 24.5 Å². The molecule has 0 saturated carbocycles. The summed E-state index contributed by atoms with van der Waals surface area (Å²) in [5.74, 6) is 0.588. The van der Waals surface area contributed by atoms with Gasteiger partial charge < -0.3 is 18.8 Å². The van der Waals surface area contributed by atoms with E-state index in [0.29, 0.717) is 30.0 Å². The summed E-state index contributed by atoms with van der Waals surface area (Å²) in [6.07, 6.45) is 0.188. The Kier molecular flexibility index (Phi) is 4.57. The van der Waals surface area contributed by atoms with Gasteiger partial charge in [0.25, 0.3) is 0 Å². The Hall–Kier alpha value is -2.34. The molecule has 0 N–H and O–H groups in total. The third-order valence-corrected chi connectivity index (χ3v) is 4.15. The molecular weight excluding hydrogens is 310 g/mol. The van der Waals surface area contributed by atoms with Crippen LogP contribution >= 0.6 is 0 Å². The molecule has 3 rings (SSSR count). The number of carbonyl (C=O) groups is 1. The molecule has 0 unspecified atom stereocenters. The minimum Gasteiger partial charge on any atom is -0.497 e. The number of methoxy groups -OCH3 is 1. The molecule has 24 heavy (non-hydrogen) atoms. The zero-order valence-corrected chi connectivity index (χ0v) is 14.1. The molecule has 1 aliphatic heterocycles. The second kappa shape index (κ2) is 6.65. The Morgan fingerprint density at radius 1 is 1.25 bits per heavy atom. The molecule has 2 heterocycles. The maximum absolute atomic E-state index is 12.6. The van der Waals surface area contributed by atoms with Gasteiger partial charge in [-0.25, -0.2) is 4.79 Å². The molecule has 1 aromatic heterocycles. The molecule has 2 atom stereocenters. The average molecular weight is 331 g/mol. The fourth-order valence-electron chi connectivity index (χ4n) is 3.14. The van der Waals surface area contributed by atoms with Crippen molar-refractivity contribution in [1.82, 2.24) is 4.90 Å². The van der Waals surface area contributed by atoms with E-state index in [1.165, 1.54) is 6.07 Å². The van der Waals surface area contributed by atoms with Crippen molar-refractivity contribution in [3.8, 4) is 5.75 Å². The molecule has 128 valence electrons. The molecule has 0 radical (unpaired) electrons. The molecule has 6 nitrogen and oxygen atoms in total. The lowest BCUT2D eigenvalue weighted by Crippen LogP contribution is -2.48. The lowest BCUT2D eigenvalue weighted by Gasteiger charge is -2.35. The van der Waals surface area contributed by atoms with Gasteiger partial charge in [0.2, 0.25) is 5.91 Å². The van der Waals surface area contributed by atoms with Gasteiger partial charge in [-0.05, 0) is 31.5 Å².